The zero-order chi connectivity index (χ0) is 21.1. The first kappa shape index (κ1) is 21.8. The van der Waals surface area contributed by atoms with Gasteiger partial charge < -0.3 is 9.30 Å². The first-order chi connectivity index (χ1) is 13.2. The van der Waals surface area contributed by atoms with Crippen molar-refractivity contribution >= 4 is 21.8 Å². The molecule has 1 heterocycles. The second-order valence-corrected chi connectivity index (χ2v) is 8.50. The summed E-state index contributed by atoms with van der Waals surface area (Å²) >= 11 is 0. The smallest absolute Gasteiger partial charge is 0.354 e. The highest BCUT2D eigenvalue weighted by Crippen LogP contribution is 2.24. The second kappa shape index (κ2) is 8.70. The fourth-order valence-electron chi connectivity index (χ4n) is 3.29. The molecule has 0 fully saturated rings. The number of rotatable bonds is 8. The van der Waals surface area contributed by atoms with Gasteiger partial charge in [-0.05, 0) is 38.0 Å². The number of Topliss-reactive ketones (excluding diaryl/α,β-unsaturated/α-hetero) is 1. The molecule has 0 aliphatic carbocycles. The molecule has 0 saturated heterocycles. The zero-order valence-corrected chi connectivity index (χ0v) is 17.7. The van der Waals surface area contributed by atoms with E-state index >= 15 is 0 Å². The molecule has 0 spiro atoms. The van der Waals surface area contributed by atoms with Gasteiger partial charge in [-0.2, -0.15) is 4.31 Å². The summed E-state index contributed by atoms with van der Waals surface area (Å²) in [6, 6.07) is 8.05. The largest absolute Gasteiger partial charge is 0.464 e. The van der Waals surface area contributed by atoms with E-state index in [9.17, 15) is 18.0 Å². The van der Waals surface area contributed by atoms with E-state index in [0.29, 0.717) is 23.2 Å². The monoisotopic (exact) mass is 406 g/mol. The molecule has 8 heteroatoms. The molecule has 0 aliphatic rings. The Morgan fingerprint density at radius 1 is 1.14 bits per heavy atom. The van der Waals surface area contributed by atoms with Gasteiger partial charge in [0.2, 0.25) is 10.0 Å². The van der Waals surface area contributed by atoms with Crippen molar-refractivity contribution < 1.29 is 22.7 Å². The number of ketones is 1. The van der Waals surface area contributed by atoms with E-state index in [4.69, 9.17) is 4.74 Å². The van der Waals surface area contributed by atoms with Crippen molar-refractivity contribution in [2.75, 3.05) is 20.2 Å². The van der Waals surface area contributed by atoms with Crippen LogP contribution < -0.4 is 0 Å². The van der Waals surface area contributed by atoms with E-state index in [1.54, 1.807) is 43.7 Å². The molecular weight excluding hydrogens is 380 g/mol. The molecule has 0 amide bonds. The fraction of sp³-hybridized carbons (Fsp3) is 0.400. The summed E-state index contributed by atoms with van der Waals surface area (Å²) in [5.74, 6) is -0.891. The molecule has 28 heavy (non-hydrogen) atoms. The predicted octanol–water partition coefficient (Wildman–Crippen LogP) is 2.71. The van der Waals surface area contributed by atoms with E-state index in [2.05, 4.69) is 0 Å². The van der Waals surface area contributed by atoms with Gasteiger partial charge in [-0.25, -0.2) is 13.2 Å². The van der Waals surface area contributed by atoms with Gasteiger partial charge >= 0.3 is 5.97 Å². The van der Waals surface area contributed by atoms with Gasteiger partial charge in [0, 0.05) is 24.8 Å². The van der Waals surface area contributed by atoms with E-state index < -0.39 is 16.0 Å². The Kier molecular flexibility index (Phi) is 6.79. The van der Waals surface area contributed by atoms with Crippen LogP contribution >= 0.6 is 0 Å². The maximum Gasteiger partial charge on any atom is 0.354 e. The summed E-state index contributed by atoms with van der Waals surface area (Å²) in [5, 5.41) is 0. The maximum absolute atomic E-state index is 13.1. The van der Waals surface area contributed by atoms with Crippen LogP contribution in [0.1, 0.15) is 45.4 Å². The lowest BCUT2D eigenvalue weighted by atomic mass is 10.1. The number of sulfonamides is 1. The molecule has 0 N–H and O–H groups in total. The van der Waals surface area contributed by atoms with Crippen LogP contribution in [0.2, 0.25) is 0 Å². The average molecular weight is 407 g/mol. The van der Waals surface area contributed by atoms with Crippen LogP contribution in [-0.4, -0.2) is 49.2 Å². The van der Waals surface area contributed by atoms with Crippen LogP contribution in [0.15, 0.2) is 35.2 Å². The number of nitrogens with zero attached hydrogens (tertiary/aromatic N) is 2. The number of hydrogen-bond acceptors (Lipinski definition) is 5. The molecule has 2 aromatic rings. The topological polar surface area (TPSA) is 85.7 Å². The van der Waals surface area contributed by atoms with Crippen molar-refractivity contribution in [3.63, 3.8) is 0 Å². The van der Waals surface area contributed by atoms with Crippen LogP contribution in [0.4, 0.5) is 0 Å². The third-order valence-corrected chi connectivity index (χ3v) is 6.62. The summed E-state index contributed by atoms with van der Waals surface area (Å²) in [5.41, 5.74) is 1.73. The van der Waals surface area contributed by atoms with Crippen LogP contribution in [0, 0.1) is 13.8 Å². The van der Waals surface area contributed by atoms with Gasteiger partial charge in [-0.15, -0.1) is 0 Å². The first-order valence-corrected chi connectivity index (χ1v) is 10.4. The molecule has 0 radical (unpaired) electrons. The van der Waals surface area contributed by atoms with E-state index in [-0.39, 0.29) is 29.5 Å². The highest BCUT2D eigenvalue weighted by Gasteiger charge is 2.30. The van der Waals surface area contributed by atoms with E-state index in [1.807, 2.05) is 6.92 Å². The van der Waals surface area contributed by atoms with Gasteiger partial charge in [0.15, 0.2) is 5.78 Å². The van der Waals surface area contributed by atoms with Gasteiger partial charge in [-0.1, -0.05) is 25.1 Å². The number of benzene rings is 1. The molecule has 7 nitrogen and oxygen atoms in total. The zero-order valence-electron chi connectivity index (χ0n) is 16.9. The van der Waals surface area contributed by atoms with Crippen molar-refractivity contribution in [1.82, 2.24) is 8.87 Å². The third kappa shape index (κ3) is 4.02. The fourth-order valence-corrected chi connectivity index (χ4v) is 4.80. The molecule has 1 aromatic carbocycles. The highest BCUT2D eigenvalue weighted by atomic mass is 32.2. The van der Waals surface area contributed by atoms with Crippen LogP contribution in [0.25, 0.3) is 0 Å². The molecule has 152 valence electrons. The molecule has 2 rings (SSSR count). The Morgan fingerprint density at radius 2 is 1.75 bits per heavy atom. The lowest BCUT2D eigenvalue weighted by Gasteiger charge is -2.21. The Balaban J connectivity index is 2.43. The number of hydrogen-bond donors (Lipinski definition) is 0. The number of methoxy groups -OCH3 is 1. The van der Waals surface area contributed by atoms with Gasteiger partial charge in [0.05, 0.1) is 18.6 Å². The Morgan fingerprint density at radius 3 is 2.29 bits per heavy atom. The standard InChI is InChI=1S/C20H26N2O5S/c1-6-12-22(28(25,26)16-10-8-7-9-11-16)13-17(23)18-14(2)19(20(24)27-5)21(4)15(18)3/h7-11H,6,12-13H2,1-5H3. The van der Waals surface area contributed by atoms with Crippen molar-refractivity contribution in [2.24, 2.45) is 7.05 Å². The molecule has 0 aliphatic heterocycles. The van der Waals surface area contributed by atoms with Crippen molar-refractivity contribution in [2.45, 2.75) is 32.1 Å². The number of esters is 1. The molecule has 0 unspecified atom stereocenters. The SMILES string of the molecule is CCCN(CC(=O)c1c(C)c(C(=O)OC)n(C)c1C)S(=O)(=O)c1ccccc1. The summed E-state index contributed by atoms with van der Waals surface area (Å²) in [7, 11) is -0.847. The lowest BCUT2D eigenvalue weighted by Crippen LogP contribution is -2.36. The van der Waals surface area contributed by atoms with Crippen LogP contribution in [-0.2, 0) is 21.8 Å². The maximum atomic E-state index is 13.1. The second-order valence-electron chi connectivity index (χ2n) is 6.56. The van der Waals surface area contributed by atoms with Crippen molar-refractivity contribution in [3.8, 4) is 0 Å². The third-order valence-electron chi connectivity index (χ3n) is 4.76. The first-order valence-electron chi connectivity index (χ1n) is 8.99. The lowest BCUT2D eigenvalue weighted by molar-refractivity contribution is 0.0588. The molecular formula is C20H26N2O5S. The van der Waals surface area contributed by atoms with Gasteiger partial charge in [-0.3, -0.25) is 4.79 Å². The van der Waals surface area contributed by atoms with Gasteiger partial charge in [0.1, 0.15) is 5.69 Å². The summed E-state index contributed by atoms with van der Waals surface area (Å²) in [4.78, 5) is 25.3. The molecule has 0 bridgehead atoms. The number of ether oxygens (including phenoxy) is 1. The summed E-state index contributed by atoms with van der Waals surface area (Å²) in [6.07, 6.45) is 0.569. The normalized spacial score (nSPS) is 11.6. The van der Waals surface area contributed by atoms with Crippen molar-refractivity contribution in [1.29, 1.82) is 0 Å². The Labute approximate surface area is 166 Å². The van der Waals surface area contributed by atoms with E-state index in [1.165, 1.54) is 23.5 Å². The average Bonchev–Trinajstić information content (AvgIpc) is 2.90. The van der Waals surface area contributed by atoms with Crippen LogP contribution in [0.5, 0.6) is 0 Å². The minimum Gasteiger partial charge on any atom is -0.464 e. The Hall–Kier alpha value is -2.45. The molecule has 1 aromatic heterocycles. The van der Waals surface area contributed by atoms with Gasteiger partial charge in [0.25, 0.3) is 0 Å². The number of carbonyl (C=O) groups is 2. The van der Waals surface area contributed by atoms with Crippen LogP contribution in [0.3, 0.4) is 0 Å². The highest BCUT2D eigenvalue weighted by molar-refractivity contribution is 7.89. The molecule has 0 atom stereocenters. The quantitative estimate of drug-likeness (QED) is 0.497. The number of carbonyl (C=O) groups excluding carboxylic acids is 2. The summed E-state index contributed by atoms with van der Waals surface area (Å²) in [6.45, 7) is 5.17. The number of aromatic nitrogens is 1. The minimum absolute atomic E-state index is 0.146. The molecule has 0 saturated carbocycles. The minimum atomic E-state index is -3.80. The van der Waals surface area contributed by atoms with Crippen molar-refractivity contribution in [3.05, 3.63) is 52.8 Å². The Bertz CT molecular complexity index is 978. The predicted molar refractivity (Wildman–Crippen MR) is 106 cm³/mol. The summed E-state index contributed by atoms with van der Waals surface area (Å²) < 4.78 is 33.6. The van der Waals surface area contributed by atoms with E-state index in [0.717, 1.165) is 0 Å².